The number of carbonyl (C=O) groups is 1. The second-order valence-corrected chi connectivity index (χ2v) is 8.73. The third-order valence-corrected chi connectivity index (χ3v) is 7.00. The van der Waals surface area contributed by atoms with Gasteiger partial charge in [-0.25, -0.2) is 8.42 Å². The van der Waals surface area contributed by atoms with Crippen LogP contribution in [0.25, 0.3) is 0 Å². The van der Waals surface area contributed by atoms with E-state index in [1.54, 1.807) is 38.1 Å². The van der Waals surface area contributed by atoms with Crippen LogP contribution < -0.4 is 5.32 Å². The number of benzene rings is 1. The van der Waals surface area contributed by atoms with E-state index in [1.165, 1.54) is 0 Å². The van der Waals surface area contributed by atoms with Crippen LogP contribution in [-0.2, 0) is 21.1 Å². The van der Waals surface area contributed by atoms with E-state index >= 15 is 0 Å². The molecule has 25 heavy (non-hydrogen) atoms. The van der Waals surface area contributed by atoms with Gasteiger partial charge < -0.3 is 9.84 Å². The van der Waals surface area contributed by atoms with Gasteiger partial charge >= 0.3 is 0 Å². The molecule has 1 heterocycles. The summed E-state index contributed by atoms with van der Waals surface area (Å²) in [5.74, 6) is 0.437. The van der Waals surface area contributed by atoms with E-state index in [-0.39, 0.29) is 17.6 Å². The van der Waals surface area contributed by atoms with Crippen molar-refractivity contribution in [3.8, 4) is 0 Å². The zero-order valence-electron chi connectivity index (χ0n) is 14.4. The smallest absolute Gasteiger partial charge is 0.228 e. The molecular weight excluding hydrogens is 340 g/mol. The lowest BCUT2D eigenvalue weighted by Crippen LogP contribution is -2.18. The minimum atomic E-state index is -3.27. The molecule has 1 amide bonds. The Bertz CT molecular complexity index is 843. The fraction of sp³-hybridized carbons (Fsp3) is 0.444. The Morgan fingerprint density at radius 1 is 1.20 bits per heavy atom. The van der Waals surface area contributed by atoms with Gasteiger partial charge in [-0.1, -0.05) is 18.0 Å². The van der Waals surface area contributed by atoms with Gasteiger partial charge in [0.25, 0.3) is 0 Å². The Balaban J connectivity index is 1.67. The highest BCUT2D eigenvalue weighted by Crippen LogP contribution is 2.30. The van der Waals surface area contributed by atoms with Crippen molar-refractivity contribution in [2.75, 3.05) is 5.32 Å². The molecule has 2 aromatic rings. The first-order valence-corrected chi connectivity index (χ1v) is 9.98. The summed E-state index contributed by atoms with van der Waals surface area (Å²) >= 11 is 0. The number of rotatable bonds is 5. The van der Waals surface area contributed by atoms with Crippen molar-refractivity contribution in [3.63, 3.8) is 0 Å². The molecule has 1 aliphatic rings. The summed E-state index contributed by atoms with van der Waals surface area (Å²) in [6.45, 7) is 3.56. The van der Waals surface area contributed by atoms with Crippen molar-refractivity contribution >= 4 is 21.4 Å². The molecular formula is C18H22N2O4S. The average Bonchev–Trinajstić information content (AvgIpc) is 3.22. The molecule has 6 nitrogen and oxygen atoms in total. The molecule has 1 aromatic heterocycles. The topological polar surface area (TPSA) is 89.3 Å². The SMILES string of the molecule is Cc1noc(C)c1CC(=O)Nc1ccc(S(=O)(=O)C2CCCC2)cc1. The molecule has 0 atom stereocenters. The van der Waals surface area contributed by atoms with Crippen LogP contribution in [0, 0.1) is 13.8 Å². The van der Waals surface area contributed by atoms with Crippen molar-refractivity contribution in [1.82, 2.24) is 5.16 Å². The largest absolute Gasteiger partial charge is 0.361 e. The van der Waals surface area contributed by atoms with E-state index < -0.39 is 9.84 Å². The minimum absolute atomic E-state index is 0.170. The monoisotopic (exact) mass is 362 g/mol. The second-order valence-electron chi connectivity index (χ2n) is 6.50. The Labute approximate surface area is 147 Å². The summed E-state index contributed by atoms with van der Waals surface area (Å²) in [4.78, 5) is 12.5. The van der Waals surface area contributed by atoms with Gasteiger partial charge in [-0.05, 0) is 51.0 Å². The molecule has 0 aliphatic heterocycles. The number of amides is 1. The Morgan fingerprint density at radius 2 is 1.84 bits per heavy atom. The lowest BCUT2D eigenvalue weighted by Gasteiger charge is -2.12. The van der Waals surface area contributed by atoms with E-state index in [0.29, 0.717) is 22.0 Å². The lowest BCUT2D eigenvalue weighted by atomic mass is 10.1. The number of carbonyl (C=O) groups excluding carboxylic acids is 1. The molecule has 0 bridgehead atoms. The highest BCUT2D eigenvalue weighted by Gasteiger charge is 2.30. The molecule has 1 aliphatic carbocycles. The second kappa shape index (κ2) is 7.00. The molecule has 1 N–H and O–H groups in total. The van der Waals surface area contributed by atoms with E-state index in [2.05, 4.69) is 10.5 Å². The third-order valence-electron chi connectivity index (χ3n) is 4.73. The van der Waals surface area contributed by atoms with Crippen LogP contribution in [0.1, 0.15) is 42.7 Å². The maximum Gasteiger partial charge on any atom is 0.228 e. The number of hydrogen-bond acceptors (Lipinski definition) is 5. The quantitative estimate of drug-likeness (QED) is 0.882. The average molecular weight is 362 g/mol. The van der Waals surface area contributed by atoms with Crippen LogP contribution in [0.3, 0.4) is 0 Å². The summed E-state index contributed by atoms with van der Waals surface area (Å²) in [7, 11) is -3.27. The Hall–Kier alpha value is -2.15. The molecule has 1 aromatic carbocycles. The number of anilines is 1. The Kier molecular flexibility index (Phi) is 4.94. The summed E-state index contributed by atoms with van der Waals surface area (Å²) in [5, 5.41) is 6.34. The van der Waals surface area contributed by atoms with Crippen molar-refractivity contribution < 1.29 is 17.7 Å². The molecule has 7 heteroatoms. The first-order chi connectivity index (χ1) is 11.9. The minimum Gasteiger partial charge on any atom is -0.361 e. The van der Waals surface area contributed by atoms with Gasteiger partial charge in [-0.15, -0.1) is 0 Å². The third kappa shape index (κ3) is 3.76. The lowest BCUT2D eigenvalue weighted by molar-refractivity contribution is -0.115. The number of aryl methyl sites for hydroxylation is 2. The molecule has 0 radical (unpaired) electrons. The van der Waals surface area contributed by atoms with Gasteiger partial charge in [0.05, 0.1) is 22.3 Å². The van der Waals surface area contributed by atoms with E-state index in [4.69, 9.17) is 4.52 Å². The van der Waals surface area contributed by atoms with E-state index in [9.17, 15) is 13.2 Å². The normalized spacial score (nSPS) is 15.4. The van der Waals surface area contributed by atoms with E-state index in [0.717, 1.165) is 31.2 Å². The van der Waals surface area contributed by atoms with Crippen LogP contribution >= 0.6 is 0 Å². The van der Waals surface area contributed by atoms with Crippen molar-refractivity contribution in [3.05, 3.63) is 41.3 Å². The van der Waals surface area contributed by atoms with Gasteiger partial charge in [-0.2, -0.15) is 0 Å². The fourth-order valence-electron chi connectivity index (χ4n) is 3.24. The first kappa shape index (κ1) is 17.7. The van der Waals surface area contributed by atoms with Crippen LogP contribution in [0.5, 0.6) is 0 Å². The van der Waals surface area contributed by atoms with Crippen LogP contribution in [0.2, 0.25) is 0 Å². The molecule has 0 unspecified atom stereocenters. The zero-order valence-corrected chi connectivity index (χ0v) is 15.2. The van der Waals surface area contributed by atoms with Crippen molar-refractivity contribution in [1.29, 1.82) is 0 Å². The van der Waals surface area contributed by atoms with Gasteiger partial charge in [0.1, 0.15) is 5.76 Å². The van der Waals surface area contributed by atoms with Crippen LogP contribution in [0.4, 0.5) is 5.69 Å². The number of hydrogen-bond donors (Lipinski definition) is 1. The number of aromatic nitrogens is 1. The maximum atomic E-state index is 12.5. The molecule has 0 spiro atoms. The predicted octanol–water partition coefficient (Wildman–Crippen LogP) is 3.19. The molecule has 0 saturated heterocycles. The summed E-state index contributed by atoms with van der Waals surface area (Å²) in [6.07, 6.45) is 3.58. The highest BCUT2D eigenvalue weighted by atomic mass is 32.2. The van der Waals surface area contributed by atoms with Crippen LogP contribution in [0.15, 0.2) is 33.7 Å². The van der Waals surface area contributed by atoms with Gasteiger partial charge in [0, 0.05) is 11.3 Å². The van der Waals surface area contributed by atoms with Gasteiger partial charge in [0.15, 0.2) is 9.84 Å². The molecule has 1 saturated carbocycles. The number of sulfone groups is 1. The Morgan fingerprint density at radius 3 is 2.40 bits per heavy atom. The number of nitrogens with one attached hydrogen (secondary N) is 1. The van der Waals surface area contributed by atoms with E-state index in [1.807, 2.05) is 0 Å². The van der Waals surface area contributed by atoms with Gasteiger partial charge in [-0.3, -0.25) is 4.79 Å². The summed E-state index contributed by atoms with van der Waals surface area (Å²) in [6, 6.07) is 6.40. The van der Waals surface area contributed by atoms with Crippen molar-refractivity contribution in [2.24, 2.45) is 0 Å². The highest BCUT2D eigenvalue weighted by molar-refractivity contribution is 7.92. The summed E-state index contributed by atoms with van der Waals surface area (Å²) < 4.78 is 30.2. The maximum absolute atomic E-state index is 12.5. The first-order valence-electron chi connectivity index (χ1n) is 8.43. The predicted molar refractivity (Wildman–Crippen MR) is 94.2 cm³/mol. The zero-order chi connectivity index (χ0) is 18.0. The van der Waals surface area contributed by atoms with Crippen molar-refractivity contribution in [2.45, 2.75) is 56.1 Å². The molecule has 3 rings (SSSR count). The van der Waals surface area contributed by atoms with Crippen LogP contribution in [-0.4, -0.2) is 24.7 Å². The summed E-state index contributed by atoms with van der Waals surface area (Å²) in [5.41, 5.74) is 2.05. The molecule has 134 valence electrons. The molecule has 1 fully saturated rings. The van der Waals surface area contributed by atoms with Gasteiger partial charge in [0.2, 0.25) is 5.91 Å². The number of nitrogens with zero attached hydrogens (tertiary/aromatic N) is 1. The standard InChI is InChI=1S/C18H22N2O4S/c1-12-17(13(2)24-20-12)11-18(21)19-14-7-9-16(10-8-14)25(22,23)15-5-3-4-6-15/h7-10,15H,3-6,11H2,1-2H3,(H,19,21). The fourth-order valence-corrected chi connectivity index (χ4v) is 5.09.